The van der Waals surface area contributed by atoms with Crippen molar-refractivity contribution < 1.29 is 8.42 Å². The first-order valence-corrected chi connectivity index (χ1v) is 10.5. The molecule has 0 bridgehead atoms. The Morgan fingerprint density at radius 1 is 1.17 bits per heavy atom. The van der Waals surface area contributed by atoms with Gasteiger partial charge in [0.1, 0.15) is 0 Å². The molecule has 1 rings (SSSR count). The van der Waals surface area contributed by atoms with Crippen molar-refractivity contribution in [3.05, 3.63) is 0 Å². The van der Waals surface area contributed by atoms with Gasteiger partial charge in [-0.1, -0.05) is 27.7 Å². The van der Waals surface area contributed by atoms with Crippen LogP contribution in [0.5, 0.6) is 0 Å². The molecule has 144 valence electrons. The number of likely N-dealkylation sites (tertiary alicyclic amines) is 1. The average Bonchev–Trinajstić information content (AvgIpc) is 2.46. The van der Waals surface area contributed by atoms with E-state index in [9.17, 15) is 8.42 Å². The van der Waals surface area contributed by atoms with Crippen LogP contribution in [-0.4, -0.2) is 68.6 Å². The summed E-state index contributed by atoms with van der Waals surface area (Å²) in [5.74, 6) is 2.20. The summed E-state index contributed by atoms with van der Waals surface area (Å²) < 4.78 is 26.0. The summed E-state index contributed by atoms with van der Waals surface area (Å²) >= 11 is 0. The zero-order valence-corrected chi connectivity index (χ0v) is 18.9. The van der Waals surface area contributed by atoms with Crippen LogP contribution in [0.1, 0.15) is 41.0 Å². The molecule has 0 amide bonds. The molecule has 6 nitrogen and oxygen atoms in total. The third kappa shape index (κ3) is 7.43. The smallest absolute Gasteiger partial charge is 0.215 e. The Bertz CT molecular complexity index is 470. The molecule has 2 atom stereocenters. The highest BCUT2D eigenvalue weighted by atomic mass is 127. The summed E-state index contributed by atoms with van der Waals surface area (Å²) in [7, 11) is -3.21. The number of halogens is 1. The van der Waals surface area contributed by atoms with Crippen LogP contribution >= 0.6 is 24.0 Å². The normalized spacial score (nSPS) is 22.4. The van der Waals surface area contributed by atoms with Crippen LogP contribution in [0.3, 0.4) is 0 Å². The summed E-state index contributed by atoms with van der Waals surface area (Å²) in [5.41, 5.74) is 0. The Kier molecular flexibility index (Phi) is 11.5. The number of nitrogens with one attached hydrogen (secondary N) is 1. The molecule has 0 aliphatic carbocycles. The Labute approximate surface area is 165 Å². The topological polar surface area (TPSA) is 65.0 Å². The van der Waals surface area contributed by atoms with Gasteiger partial charge in [0.2, 0.25) is 10.0 Å². The molecule has 0 aromatic rings. The first-order valence-electron chi connectivity index (χ1n) is 8.85. The van der Waals surface area contributed by atoms with E-state index in [1.165, 1.54) is 10.7 Å². The molecule has 0 spiro atoms. The largest absolute Gasteiger partial charge is 0.357 e. The van der Waals surface area contributed by atoms with Crippen molar-refractivity contribution in [1.82, 2.24) is 14.5 Å². The van der Waals surface area contributed by atoms with E-state index in [-0.39, 0.29) is 29.7 Å². The van der Waals surface area contributed by atoms with E-state index in [1.54, 1.807) is 0 Å². The van der Waals surface area contributed by atoms with E-state index in [0.29, 0.717) is 31.5 Å². The standard InChI is InChI=1S/C16H34N4O2S.HI/c1-6-17-16(19-12-14(4)11-15(5)13-19)18-9-10-23(21,22)20(7-2)8-3;/h14-15H,6-13H2,1-5H3,(H,17,18);1H. The number of guanidine groups is 1. The average molecular weight is 474 g/mol. The molecular formula is C16H35IN4O2S. The molecule has 24 heavy (non-hydrogen) atoms. The lowest BCUT2D eigenvalue weighted by Crippen LogP contribution is -2.48. The summed E-state index contributed by atoms with van der Waals surface area (Å²) in [4.78, 5) is 6.84. The molecule has 2 unspecified atom stereocenters. The van der Waals surface area contributed by atoms with Crippen LogP contribution in [0.2, 0.25) is 0 Å². The fourth-order valence-electron chi connectivity index (χ4n) is 3.27. The molecular weight excluding hydrogens is 439 g/mol. The summed E-state index contributed by atoms with van der Waals surface area (Å²) in [6.45, 7) is 14.4. The van der Waals surface area contributed by atoms with Crippen LogP contribution in [0.4, 0.5) is 0 Å². The number of rotatable bonds is 7. The monoisotopic (exact) mass is 474 g/mol. The maximum absolute atomic E-state index is 12.2. The highest BCUT2D eigenvalue weighted by molar-refractivity contribution is 14.0. The van der Waals surface area contributed by atoms with Crippen molar-refractivity contribution in [2.24, 2.45) is 16.8 Å². The van der Waals surface area contributed by atoms with Crippen molar-refractivity contribution in [1.29, 1.82) is 0 Å². The summed E-state index contributed by atoms with van der Waals surface area (Å²) in [5, 5.41) is 3.30. The van der Waals surface area contributed by atoms with E-state index in [2.05, 4.69) is 29.1 Å². The van der Waals surface area contributed by atoms with Gasteiger partial charge < -0.3 is 10.2 Å². The van der Waals surface area contributed by atoms with Gasteiger partial charge in [-0.3, -0.25) is 4.99 Å². The van der Waals surface area contributed by atoms with Crippen LogP contribution in [0.25, 0.3) is 0 Å². The van der Waals surface area contributed by atoms with Gasteiger partial charge >= 0.3 is 0 Å². The maximum atomic E-state index is 12.2. The second kappa shape index (κ2) is 11.5. The molecule has 8 heteroatoms. The molecule has 0 aromatic heterocycles. The SMILES string of the molecule is CCNC(=NCCS(=O)(=O)N(CC)CC)N1CC(C)CC(C)C1.I. The summed E-state index contributed by atoms with van der Waals surface area (Å²) in [6.07, 6.45) is 1.24. The van der Waals surface area contributed by atoms with Crippen LogP contribution < -0.4 is 5.32 Å². The van der Waals surface area contributed by atoms with Gasteiger partial charge in [-0.05, 0) is 25.2 Å². The Morgan fingerprint density at radius 3 is 2.17 bits per heavy atom. The third-order valence-electron chi connectivity index (χ3n) is 4.21. The molecule has 0 aromatic carbocycles. The van der Waals surface area contributed by atoms with Crippen LogP contribution in [-0.2, 0) is 10.0 Å². The third-order valence-corrected chi connectivity index (χ3v) is 6.21. The number of piperidine rings is 1. The van der Waals surface area contributed by atoms with E-state index in [0.717, 1.165) is 25.6 Å². The highest BCUT2D eigenvalue weighted by Gasteiger charge is 2.24. The van der Waals surface area contributed by atoms with Crippen molar-refractivity contribution in [3.8, 4) is 0 Å². The fourth-order valence-corrected chi connectivity index (χ4v) is 4.64. The fraction of sp³-hybridized carbons (Fsp3) is 0.938. The van der Waals surface area contributed by atoms with E-state index < -0.39 is 10.0 Å². The minimum absolute atomic E-state index is 0. The zero-order chi connectivity index (χ0) is 17.5. The highest BCUT2D eigenvalue weighted by Crippen LogP contribution is 2.20. The van der Waals surface area contributed by atoms with Gasteiger partial charge in [-0.15, -0.1) is 24.0 Å². The molecule has 1 N–H and O–H groups in total. The van der Waals surface area contributed by atoms with Gasteiger partial charge in [0, 0.05) is 32.7 Å². The molecule has 0 radical (unpaired) electrons. The van der Waals surface area contributed by atoms with Crippen LogP contribution in [0, 0.1) is 11.8 Å². The second-order valence-electron chi connectivity index (χ2n) is 6.49. The lowest BCUT2D eigenvalue weighted by atomic mass is 9.92. The molecule has 1 saturated heterocycles. The van der Waals surface area contributed by atoms with Gasteiger partial charge in [-0.2, -0.15) is 0 Å². The Balaban J connectivity index is 0.00000529. The van der Waals surface area contributed by atoms with Gasteiger partial charge in [-0.25, -0.2) is 12.7 Å². The second-order valence-corrected chi connectivity index (χ2v) is 8.58. The van der Waals surface area contributed by atoms with E-state index in [4.69, 9.17) is 0 Å². The molecule has 1 aliphatic rings. The Morgan fingerprint density at radius 2 is 1.71 bits per heavy atom. The first kappa shape index (κ1) is 23.9. The van der Waals surface area contributed by atoms with Crippen LogP contribution in [0.15, 0.2) is 4.99 Å². The van der Waals surface area contributed by atoms with Crippen molar-refractivity contribution >= 4 is 40.0 Å². The van der Waals surface area contributed by atoms with E-state index in [1.807, 2.05) is 20.8 Å². The predicted octanol–water partition coefficient (Wildman–Crippen LogP) is 2.22. The molecule has 0 saturated carbocycles. The van der Waals surface area contributed by atoms with Crippen molar-refractivity contribution in [3.63, 3.8) is 0 Å². The zero-order valence-electron chi connectivity index (χ0n) is 15.8. The summed E-state index contributed by atoms with van der Waals surface area (Å²) in [6, 6.07) is 0. The molecule has 1 fully saturated rings. The number of hydrogen-bond donors (Lipinski definition) is 1. The van der Waals surface area contributed by atoms with Crippen molar-refractivity contribution in [2.75, 3.05) is 45.0 Å². The van der Waals surface area contributed by atoms with Gasteiger partial charge in [0.05, 0.1) is 12.3 Å². The lowest BCUT2D eigenvalue weighted by Gasteiger charge is -2.37. The van der Waals surface area contributed by atoms with Gasteiger partial charge in [0.15, 0.2) is 5.96 Å². The lowest BCUT2D eigenvalue weighted by molar-refractivity contribution is 0.208. The number of nitrogens with zero attached hydrogens (tertiary/aromatic N) is 3. The number of aliphatic imine (C=N–C) groups is 1. The molecule has 1 heterocycles. The van der Waals surface area contributed by atoms with Gasteiger partial charge in [0.25, 0.3) is 0 Å². The Hall–Kier alpha value is -0.0900. The number of sulfonamides is 1. The minimum atomic E-state index is -3.21. The molecule has 1 aliphatic heterocycles. The number of hydrogen-bond acceptors (Lipinski definition) is 3. The maximum Gasteiger partial charge on any atom is 0.215 e. The predicted molar refractivity (Wildman–Crippen MR) is 113 cm³/mol. The van der Waals surface area contributed by atoms with E-state index >= 15 is 0 Å². The van der Waals surface area contributed by atoms with Crippen molar-refractivity contribution in [2.45, 2.75) is 41.0 Å². The quantitative estimate of drug-likeness (QED) is 0.349. The minimum Gasteiger partial charge on any atom is -0.357 e. The first-order chi connectivity index (χ1) is 10.8.